The molecular weight excluding hydrogens is 551 g/mol. The third-order valence-electron chi connectivity index (χ3n) is 5.76. The second-order valence-corrected chi connectivity index (χ2v) is 9.84. The first-order valence-electron chi connectivity index (χ1n) is 11.1. The summed E-state index contributed by atoms with van der Waals surface area (Å²) in [5, 5.41) is 0.680. The zero-order valence-electron chi connectivity index (χ0n) is 20.8. The molecule has 0 spiro atoms. The maximum atomic E-state index is 13.8. The maximum Gasteiger partial charge on any atom is 0.338 e. The van der Waals surface area contributed by atoms with E-state index in [9.17, 15) is 9.59 Å². The van der Waals surface area contributed by atoms with Crippen molar-refractivity contribution in [1.82, 2.24) is 4.57 Å². The van der Waals surface area contributed by atoms with Gasteiger partial charge in [0.15, 0.2) is 16.3 Å². The van der Waals surface area contributed by atoms with Crippen molar-refractivity contribution in [2.45, 2.75) is 13.0 Å². The second-order valence-electron chi connectivity index (χ2n) is 7.99. The van der Waals surface area contributed by atoms with Gasteiger partial charge in [0.2, 0.25) is 0 Å². The van der Waals surface area contributed by atoms with Crippen molar-refractivity contribution in [3.8, 4) is 29.6 Å². The molecule has 0 saturated carbocycles. The van der Waals surface area contributed by atoms with Crippen LogP contribution in [0.2, 0.25) is 10.0 Å². The molecule has 3 aromatic rings. The van der Waals surface area contributed by atoms with Crippen molar-refractivity contribution in [1.29, 1.82) is 0 Å². The number of carbonyl (C=O) groups excluding carboxylic acids is 1. The Morgan fingerprint density at radius 3 is 2.58 bits per heavy atom. The van der Waals surface area contributed by atoms with Crippen molar-refractivity contribution < 1.29 is 23.7 Å². The van der Waals surface area contributed by atoms with Crippen molar-refractivity contribution in [3.05, 3.63) is 82.5 Å². The van der Waals surface area contributed by atoms with E-state index in [-0.39, 0.29) is 22.8 Å². The summed E-state index contributed by atoms with van der Waals surface area (Å²) < 4.78 is 23.3. The summed E-state index contributed by atoms with van der Waals surface area (Å²) in [5.41, 5.74) is 1.34. The van der Waals surface area contributed by atoms with Crippen LogP contribution in [0.3, 0.4) is 0 Å². The normalized spacial score (nSPS) is 14.9. The van der Waals surface area contributed by atoms with Crippen LogP contribution in [0.5, 0.6) is 17.2 Å². The summed E-state index contributed by atoms with van der Waals surface area (Å²) in [7, 11) is 4.24. The number of thiazole rings is 1. The molecule has 0 N–H and O–H groups in total. The lowest BCUT2D eigenvalue weighted by atomic mass is 9.95. The number of esters is 1. The first-order chi connectivity index (χ1) is 18.2. The van der Waals surface area contributed by atoms with Crippen LogP contribution in [0, 0.1) is 12.3 Å². The lowest BCUT2D eigenvalue weighted by Gasteiger charge is -2.25. The first kappa shape index (κ1) is 27.3. The number of fused-ring (bicyclic) bond motifs is 1. The molecule has 0 aliphatic carbocycles. The molecule has 11 heteroatoms. The molecule has 0 saturated heterocycles. The molecule has 1 atom stereocenters. The monoisotopic (exact) mass is 572 g/mol. The van der Waals surface area contributed by atoms with Gasteiger partial charge in [0.25, 0.3) is 5.56 Å². The Labute approximate surface area is 232 Å². The average Bonchev–Trinajstić information content (AvgIpc) is 3.20. The molecule has 2 aromatic carbocycles. The van der Waals surface area contributed by atoms with Gasteiger partial charge in [0.1, 0.15) is 18.4 Å². The lowest BCUT2D eigenvalue weighted by Crippen LogP contribution is -2.40. The highest BCUT2D eigenvalue weighted by Crippen LogP contribution is 2.38. The number of benzene rings is 2. The van der Waals surface area contributed by atoms with Crippen LogP contribution in [0.1, 0.15) is 24.1 Å². The van der Waals surface area contributed by atoms with Crippen LogP contribution < -0.4 is 29.1 Å². The minimum absolute atomic E-state index is 0.0167. The van der Waals surface area contributed by atoms with Gasteiger partial charge < -0.3 is 18.9 Å². The number of terminal acetylenes is 1. The highest BCUT2D eigenvalue weighted by molar-refractivity contribution is 7.07. The predicted octanol–water partition coefficient (Wildman–Crippen LogP) is 3.74. The van der Waals surface area contributed by atoms with E-state index in [0.717, 1.165) is 11.3 Å². The van der Waals surface area contributed by atoms with Crippen LogP contribution in [0.4, 0.5) is 0 Å². The van der Waals surface area contributed by atoms with Crippen LogP contribution in [-0.4, -0.2) is 38.5 Å². The summed E-state index contributed by atoms with van der Waals surface area (Å²) >= 11 is 13.9. The maximum absolute atomic E-state index is 13.8. The van der Waals surface area contributed by atoms with E-state index in [1.807, 2.05) is 0 Å². The van der Waals surface area contributed by atoms with Crippen LogP contribution in [-0.2, 0) is 9.53 Å². The van der Waals surface area contributed by atoms with Gasteiger partial charge in [-0.1, -0.05) is 40.5 Å². The standard InChI is InChI=1S/C27H22Cl2N2O6S/c1-6-9-37-24-18(29)10-15(11-20(24)35-4)12-21-25(32)31-23(17-13-16(28)7-8-19(17)34-3)22(26(33)36-5)14(2)30-27(31)38-21/h1,7-8,10-13,23H,9H2,2-5H3/b21-12-/t23-/m0/s1. The highest BCUT2D eigenvalue weighted by atomic mass is 35.5. The van der Waals surface area contributed by atoms with Crippen molar-refractivity contribution in [3.63, 3.8) is 0 Å². The zero-order chi connectivity index (χ0) is 27.6. The number of nitrogens with zero attached hydrogens (tertiary/aromatic N) is 2. The number of halogens is 2. The Kier molecular flexibility index (Phi) is 8.17. The number of aromatic nitrogens is 1. The van der Waals surface area contributed by atoms with Crippen LogP contribution in [0.25, 0.3) is 6.08 Å². The Morgan fingerprint density at radius 2 is 1.92 bits per heavy atom. The van der Waals surface area contributed by atoms with Crippen LogP contribution >= 0.6 is 34.5 Å². The number of methoxy groups -OCH3 is 3. The molecule has 0 radical (unpaired) electrons. The summed E-state index contributed by atoms with van der Waals surface area (Å²) in [6, 6.07) is 7.43. The van der Waals surface area contributed by atoms with Gasteiger partial charge in [-0.05, 0) is 48.9 Å². The van der Waals surface area contributed by atoms with Crippen molar-refractivity contribution >= 4 is 46.6 Å². The van der Waals surface area contributed by atoms with Crippen molar-refractivity contribution in [2.75, 3.05) is 27.9 Å². The molecule has 2 heterocycles. The highest BCUT2D eigenvalue weighted by Gasteiger charge is 2.35. The van der Waals surface area contributed by atoms with E-state index in [0.29, 0.717) is 48.4 Å². The van der Waals surface area contributed by atoms with E-state index in [1.165, 1.54) is 25.9 Å². The largest absolute Gasteiger partial charge is 0.496 e. The number of ether oxygens (including phenoxy) is 4. The molecule has 0 bridgehead atoms. The molecule has 1 aromatic heterocycles. The summed E-state index contributed by atoms with van der Waals surface area (Å²) in [6.07, 6.45) is 6.94. The van der Waals surface area contributed by atoms with Gasteiger partial charge in [-0.15, -0.1) is 6.42 Å². The first-order valence-corrected chi connectivity index (χ1v) is 12.7. The molecular formula is C27H22Cl2N2O6S. The van der Waals surface area contributed by atoms with Crippen molar-refractivity contribution in [2.24, 2.45) is 4.99 Å². The third-order valence-corrected chi connectivity index (χ3v) is 7.26. The number of allylic oxidation sites excluding steroid dienone is 1. The predicted molar refractivity (Wildman–Crippen MR) is 146 cm³/mol. The summed E-state index contributed by atoms with van der Waals surface area (Å²) in [6.45, 7) is 1.70. The van der Waals surface area contributed by atoms with E-state index >= 15 is 0 Å². The van der Waals surface area contributed by atoms with Gasteiger partial charge in [-0.3, -0.25) is 9.36 Å². The quantitative estimate of drug-likeness (QED) is 0.316. The molecule has 1 aliphatic heterocycles. The fourth-order valence-electron chi connectivity index (χ4n) is 4.13. The molecule has 4 rings (SSSR count). The Hall–Kier alpha value is -3.71. The Balaban J connectivity index is 1.96. The smallest absolute Gasteiger partial charge is 0.338 e. The van der Waals surface area contributed by atoms with E-state index in [1.54, 1.807) is 43.3 Å². The van der Waals surface area contributed by atoms with Crippen LogP contribution in [0.15, 0.2) is 51.4 Å². The molecule has 38 heavy (non-hydrogen) atoms. The van der Waals surface area contributed by atoms with Gasteiger partial charge in [0, 0.05) is 10.6 Å². The number of rotatable bonds is 7. The fourth-order valence-corrected chi connectivity index (χ4v) is 5.63. The fraction of sp³-hybridized carbons (Fsp3) is 0.222. The lowest BCUT2D eigenvalue weighted by molar-refractivity contribution is -0.136. The topological polar surface area (TPSA) is 88.4 Å². The van der Waals surface area contributed by atoms with Gasteiger partial charge >= 0.3 is 5.97 Å². The molecule has 8 nitrogen and oxygen atoms in total. The molecule has 196 valence electrons. The van der Waals surface area contributed by atoms with E-state index < -0.39 is 12.0 Å². The van der Waals surface area contributed by atoms with Gasteiger partial charge in [-0.25, -0.2) is 9.79 Å². The minimum Gasteiger partial charge on any atom is -0.496 e. The SMILES string of the molecule is C#CCOc1c(Cl)cc(/C=c2\sc3n(c2=O)[C@@H](c2cc(Cl)ccc2OC)C(C(=O)OC)=C(C)N=3)cc1OC. The molecule has 0 unspecified atom stereocenters. The molecule has 1 aliphatic rings. The number of carbonyl (C=O) groups is 1. The average molecular weight is 573 g/mol. The Bertz CT molecular complexity index is 1680. The minimum atomic E-state index is -0.882. The van der Waals surface area contributed by atoms with E-state index in [2.05, 4.69) is 10.9 Å². The Morgan fingerprint density at radius 1 is 1.18 bits per heavy atom. The zero-order valence-corrected chi connectivity index (χ0v) is 23.2. The second kappa shape index (κ2) is 11.4. The van der Waals surface area contributed by atoms with E-state index in [4.69, 9.17) is 48.6 Å². The molecule has 0 fully saturated rings. The van der Waals surface area contributed by atoms with Gasteiger partial charge in [0.05, 0.1) is 42.2 Å². The third kappa shape index (κ3) is 5.03. The summed E-state index contributed by atoms with van der Waals surface area (Å²) in [4.78, 5) is 31.7. The molecule has 0 amide bonds. The summed E-state index contributed by atoms with van der Waals surface area (Å²) in [5.74, 6) is 2.87. The number of hydrogen-bond acceptors (Lipinski definition) is 8. The van der Waals surface area contributed by atoms with Gasteiger partial charge in [-0.2, -0.15) is 0 Å². The number of hydrogen-bond donors (Lipinski definition) is 0.